The molecule has 0 aliphatic carbocycles. The van der Waals surface area contributed by atoms with Crippen LogP contribution < -0.4 is 10.2 Å². The van der Waals surface area contributed by atoms with Crippen molar-refractivity contribution in [3.63, 3.8) is 0 Å². The maximum Gasteiger partial charge on any atom is 0.273 e. The summed E-state index contributed by atoms with van der Waals surface area (Å²) in [5.74, 6) is -0.00482. The second kappa shape index (κ2) is 7.88. The summed E-state index contributed by atoms with van der Waals surface area (Å²) in [5, 5.41) is 13.8. The van der Waals surface area contributed by atoms with Gasteiger partial charge >= 0.3 is 0 Å². The van der Waals surface area contributed by atoms with Gasteiger partial charge in [-0.15, -0.1) is 0 Å². The molecule has 6 nitrogen and oxygen atoms in total. The number of nitrogens with zero attached hydrogens (tertiary/aromatic N) is 2. The number of carbonyl (C=O) groups is 1. The van der Waals surface area contributed by atoms with Crippen LogP contribution >= 0.6 is 15.9 Å². The number of rotatable bonds is 5. The average Bonchev–Trinajstić information content (AvgIpc) is 3.19. The van der Waals surface area contributed by atoms with Crippen molar-refractivity contribution in [1.82, 2.24) is 9.99 Å². The predicted molar refractivity (Wildman–Crippen MR) is 103 cm³/mol. The Kier molecular flexibility index (Phi) is 5.38. The van der Waals surface area contributed by atoms with E-state index in [-0.39, 0.29) is 11.7 Å². The Morgan fingerprint density at radius 3 is 2.69 bits per heavy atom. The van der Waals surface area contributed by atoms with E-state index >= 15 is 0 Å². The molecule has 1 amide bonds. The molecule has 0 radical (unpaired) electrons. The number of aromatic nitrogens is 1. The van der Waals surface area contributed by atoms with Crippen molar-refractivity contribution in [1.29, 1.82) is 0 Å². The van der Waals surface area contributed by atoms with Crippen molar-refractivity contribution in [3.8, 4) is 17.2 Å². The predicted octanol–water partition coefficient (Wildman–Crippen LogP) is 3.72. The third-order valence-corrected chi connectivity index (χ3v) is 4.29. The third-order valence-electron chi connectivity index (χ3n) is 3.68. The molecule has 2 aromatic carbocycles. The van der Waals surface area contributed by atoms with Crippen LogP contribution in [0.25, 0.3) is 5.69 Å². The number of halogens is 1. The molecule has 0 bridgehead atoms. The molecule has 7 heteroatoms. The Morgan fingerprint density at radius 2 is 1.96 bits per heavy atom. The van der Waals surface area contributed by atoms with Crippen molar-refractivity contribution in [2.45, 2.75) is 0 Å². The minimum atomic E-state index is -0.324. The first-order valence-corrected chi connectivity index (χ1v) is 8.51. The van der Waals surface area contributed by atoms with Gasteiger partial charge in [-0.3, -0.25) is 4.79 Å². The van der Waals surface area contributed by atoms with E-state index in [0.717, 1.165) is 5.69 Å². The second-order valence-corrected chi connectivity index (χ2v) is 6.21. The maximum atomic E-state index is 12.5. The molecule has 0 aliphatic heterocycles. The van der Waals surface area contributed by atoms with Crippen molar-refractivity contribution in [3.05, 3.63) is 76.5 Å². The standard InChI is InChI=1S/C19H16BrN3O3/c1-26-17-11-13(10-15(20)18(17)24)12-21-22-19(25)14-6-2-3-7-16(14)23-8-4-5-9-23/h2-12,24H,1H3,(H,22,25)/b21-12-. The number of hydrogen-bond donors (Lipinski definition) is 2. The molecule has 2 N–H and O–H groups in total. The fourth-order valence-corrected chi connectivity index (χ4v) is 2.90. The molecule has 1 heterocycles. The van der Waals surface area contributed by atoms with Crippen LogP contribution in [0.3, 0.4) is 0 Å². The van der Waals surface area contributed by atoms with Gasteiger partial charge in [-0.1, -0.05) is 12.1 Å². The van der Waals surface area contributed by atoms with E-state index in [4.69, 9.17) is 4.74 Å². The maximum absolute atomic E-state index is 12.5. The van der Waals surface area contributed by atoms with E-state index in [1.54, 1.807) is 24.3 Å². The van der Waals surface area contributed by atoms with E-state index < -0.39 is 0 Å². The van der Waals surface area contributed by atoms with Gasteiger partial charge in [0.1, 0.15) is 0 Å². The molecular formula is C19H16BrN3O3. The summed E-state index contributed by atoms with van der Waals surface area (Å²) in [6.45, 7) is 0. The molecule has 0 spiro atoms. The largest absolute Gasteiger partial charge is 0.503 e. The van der Waals surface area contributed by atoms with Gasteiger partial charge in [0.15, 0.2) is 11.5 Å². The molecule has 0 atom stereocenters. The van der Waals surface area contributed by atoms with Crippen LogP contribution in [-0.4, -0.2) is 28.9 Å². The number of hydrazone groups is 1. The first-order chi connectivity index (χ1) is 12.6. The van der Waals surface area contributed by atoms with Gasteiger partial charge in [0.2, 0.25) is 0 Å². The summed E-state index contributed by atoms with van der Waals surface area (Å²) in [7, 11) is 1.46. The molecule has 0 fully saturated rings. The zero-order valence-corrected chi connectivity index (χ0v) is 15.5. The second-order valence-electron chi connectivity index (χ2n) is 5.36. The number of amides is 1. The SMILES string of the molecule is COc1cc(/C=N\NC(=O)c2ccccc2-n2cccc2)cc(Br)c1O. The normalized spacial score (nSPS) is 10.8. The highest BCUT2D eigenvalue weighted by Crippen LogP contribution is 2.34. The fourth-order valence-electron chi connectivity index (χ4n) is 2.44. The van der Waals surface area contributed by atoms with Crippen LogP contribution in [0, 0.1) is 0 Å². The van der Waals surface area contributed by atoms with Gasteiger partial charge in [0, 0.05) is 12.4 Å². The van der Waals surface area contributed by atoms with Crippen molar-refractivity contribution in [2.24, 2.45) is 5.10 Å². The molecule has 26 heavy (non-hydrogen) atoms. The average molecular weight is 414 g/mol. The number of aromatic hydroxyl groups is 1. The van der Waals surface area contributed by atoms with Crippen LogP contribution in [0.4, 0.5) is 0 Å². The van der Waals surface area contributed by atoms with Gasteiger partial charge in [0.25, 0.3) is 5.91 Å². The van der Waals surface area contributed by atoms with E-state index in [1.807, 2.05) is 41.2 Å². The van der Waals surface area contributed by atoms with Gasteiger partial charge < -0.3 is 14.4 Å². The number of para-hydroxylation sites is 1. The molecule has 0 saturated heterocycles. The summed E-state index contributed by atoms with van der Waals surface area (Å²) in [4.78, 5) is 12.5. The Balaban J connectivity index is 1.78. The minimum absolute atomic E-state index is 0.00864. The smallest absolute Gasteiger partial charge is 0.273 e. The number of benzene rings is 2. The number of phenols is 1. The number of nitrogens with one attached hydrogen (secondary N) is 1. The Labute approximate surface area is 158 Å². The van der Waals surface area contributed by atoms with Crippen molar-refractivity contribution in [2.75, 3.05) is 7.11 Å². The molecule has 0 aliphatic rings. The van der Waals surface area contributed by atoms with Crippen molar-refractivity contribution < 1.29 is 14.6 Å². The molecular weight excluding hydrogens is 398 g/mol. The van der Waals surface area contributed by atoms with Gasteiger partial charge in [-0.2, -0.15) is 5.10 Å². The van der Waals surface area contributed by atoms with E-state index in [1.165, 1.54) is 13.3 Å². The van der Waals surface area contributed by atoms with Crippen LogP contribution in [0.1, 0.15) is 15.9 Å². The van der Waals surface area contributed by atoms with Gasteiger partial charge in [-0.05, 0) is 57.9 Å². The number of carbonyl (C=O) groups excluding carboxylic acids is 1. The highest BCUT2D eigenvalue weighted by molar-refractivity contribution is 9.10. The lowest BCUT2D eigenvalue weighted by atomic mass is 10.1. The lowest BCUT2D eigenvalue weighted by Gasteiger charge is -2.09. The van der Waals surface area contributed by atoms with E-state index in [0.29, 0.717) is 21.3 Å². The zero-order valence-electron chi connectivity index (χ0n) is 13.9. The van der Waals surface area contributed by atoms with Gasteiger partial charge in [0.05, 0.1) is 29.0 Å². The molecule has 0 saturated carbocycles. The lowest BCUT2D eigenvalue weighted by molar-refractivity contribution is 0.0955. The highest BCUT2D eigenvalue weighted by atomic mass is 79.9. The third kappa shape index (κ3) is 3.78. The number of methoxy groups -OCH3 is 1. The van der Waals surface area contributed by atoms with Gasteiger partial charge in [-0.25, -0.2) is 5.43 Å². The molecule has 1 aromatic heterocycles. The quantitative estimate of drug-likeness (QED) is 0.494. The van der Waals surface area contributed by atoms with Crippen LogP contribution in [-0.2, 0) is 0 Å². The summed E-state index contributed by atoms with van der Waals surface area (Å²) in [6, 6.07) is 14.3. The highest BCUT2D eigenvalue weighted by Gasteiger charge is 2.11. The summed E-state index contributed by atoms with van der Waals surface area (Å²) in [6.07, 6.45) is 5.22. The van der Waals surface area contributed by atoms with Crippen LogP contribution in [0.5, 0.6) is 11.5 Å². The first-order valence-electron chi connectivity index (χ1n) is 7.72. The lowest BCUT2D eigenvalue weighted by Crippen LogP contribution is -2.19. The summed E-state index contributed by atoms with van der Waals surface area (Å²) < 4.78 is 7.42. The zero-order chi connectivity index (χ0) is 18.5. The Bertz CT molecular complexity index is 953. The van der Waals surface area contributed by atoms with Crippen LogP contribution in [0.15, 0.2) is 70.5 Å². The topological polar surface area (TPSA) is 75.8 Å². The summed E-state index contributed by atoms with van der Waals surface area (Å²) >= 11 is 3.25. The Morgan fingerprint density at radius 1 is 1.23 bits per heavy atom. The fraction of sp³-hybridized carbons (Fsp3) is 0.0526. The van der Waals surface area contributed by atoms with Crippen molar-refractivity contribution >= 4 is 28.1 Å². The monoisotopic (exact) mass is 413 g/mol. The summed E-state index contributed by atoms with van der Waals surface area (Å²) in [5.41, 5.74) is 4.45. The number of hydrogen-bond acceptors (Lipinski definition) is 4. The molecule has 3 rings (SSSR count). The molecule has 3 aromatic rings. The molecule has 132 valence electrons. The molecule has 0 unspecified atom stereocenters. The van der Waals surface area contributed by atoms with Crippen LogP contribution in [0.2, 0.25) is 0 Å². The Hall–Kier alpha value is -3.06. The first kappa shape index (κ1) is 17.8. The van der Waals surface area contributed by atoms with E-state index in [9.17, 15) is 9.90 Å². The minimum Gasteiger partial charge on any atom is -0.503 e. The number of phenolic OH excluding ortho intramolecular Hbond substituents is 1. The number of ether oxygens (including phenoxy) is 1. The van der Waals surface area contributed by atoms with E-state index in [2.05, 4.69) is 26.5 Å².